The van der Waals surface area contributed by atoms with Crippen LogP contribution in [0.15, 0.2) is 0 Å². The molecule has 1 fully saturated rings. The van der Waals surface area contributed by atoms with Crippen LogP contribution in [0, 0.1) is 0 Å². The Hall–Kier alpha value is 0.0300. The summed E-state index contributed by atoms with van der Waals surface area (Å²) in [6, 6.07) is 0. The SMILES string of the molecule is CC1(C)OC[C@H](COP(=O)(O)O)O1. The molecule has 1 aliphatic rings. The molecular formula is C6H13O6P. The highest BCUT2D eigenvalue weighted by atomic mass is 31.2. The van der Waals surface area contributed by atoms with E-state index < -0.39 is 19.7 Å². The van der Waals surface area contributed by atoms with Gasteiger partial charge in [-0.3, -0.25) is 4.52 Å². The third-order valence-electron chi connectivity index (χ3n) is 1.50. The molecule has 0 amide bonds. The zero-order valence-corrected chi connectivity index (χ0v) is 8.36. The van der Waals surface area contributed by atoms with Crippen molar-refractivity contribution in [2.45, 2.75) is 25.7 Å². The van der Waals surface area contributed by atoms with Gasteiger partial charge in [0.15, 0.2) is 5.79 Å². The van der Waals surface area contributed by atoms with Gasteiger partial charge in [-0.05, 0) is 13.8 Å². The van der Waals surface area contributed by atoms with Crippen LogP contribution in [0.5, 0.6) is 0 Å². The molecular weight excluding hydrogens is 199 g/mol. The summed E-state index contributed by atoms with van der Waals surface area (Å²) < 4.78 is 25.0. The quantitative estimate of drug-likeness (QED) is 0.652. The lowest BCUT2D eigenvalue weighted by Gasteiger charge is -2.17. The molecule has 0 saturated carbocycles. The predicted octanol–water partition coefficient (Wildman–Crippen LogP) is 0.247. The Bertz CT molecular complexity index is 221. The van der Waals surface area contributed by atoms with Crippen LogP contribution in [0.25, 0.3) is 0 Å². The van der Waals surface area contributed by atoms with Crippen molar-refractivity contribution in [2.24, 2.45) is 0 Å². The van der Waals surface area contributed by atoms with Crippen molar-refractivity contribution in [3.63, 3.8) is 0 Å². The Morgan fingerprint density at radius 2 is 2.23 bits per heavy atom. The number of phosphoric ester groups is 1. The zero-order valence-electron chi connectivity index (χ0n) is 7.47. The summed E-state index contributed by atoms with van der Waals surface area (Å²) in [6.07, 6.45) is -0.414. The van der Waals surface area contributed by atoms with E-state index in [1.165, 1.54) is 0 Å². The molecule has 0 unspecified atom stereocenters. The van der Waals surface area contributed by atoms with E-state index >= 15 is 0 Å². The van der Waals surface area contributed by atoms with Crippen molar-refractivity contribution in [3.8, 4) is 0 Å². The first kappa shape index (κ1) is 11.1. The standard InChI is InChI=1S/C6H13O6P/c1-6(2)10-3-5(12-6)4-11-13(7,8)9/h5H,3-4H2,1-2H3,(H2,7,8,9)/t5-/m1/s1. The molecule has 0 aliphatic carbocycles. The minimum atomic E-state index is -4.40. The third-order valence-corrected chi connectivity index (χ3v) is 1.98. The fraction of sp³-hybridized carbons (Fsp3) is 1.00. The van der Waals surface area contributed by atoms with Crippen molar-refractivity contribution < 1.29 is 28.3 Å². The van der Waals surface area contributed by atoms with Gasteiger partial charge < -0.3 is 19.3 Å². The van der Waals surface area contributed by atoms with Crippen molar-refractivity contribution in [2.75, 3.05) is 13.2 Å². The van der Waals surface area contributed by atoms with Crippen LogP contribution < -0.4 is 0 Å². The van der Waals surface area contributed by atoms with Crippen molar-refractivity contribution >= 4 is 7.82 Å². The molecule has 0 bridgehead atoms. The van der Waals surface area contributed by atoms with Crippen LogP contribution in [-0.4, -0.2) is 34.9 Å². The maximum Gasteiger partial charge on any atom is 0.469 e. The van der Waals surface area contributed by atoms with E-state index in [1.54, 1.807) is 13.8 Å². The van der Waals surface area contributed by atoms with Gasteiger partial charge in [0.1, 0.15) is 6.10 Å². The summed E-state index contributed by atoms with van der Waals surface area (Å²) >= 11 is 0. The van der Waals surface area contributed by atoms with Crippen LogP contribution in [-0.2, 0) is 18.6 Å². The topological polar surface area (TPSA) is 85.2 Å². The maximum absolute atomic E-state index is 10.3. The fourth-order valence-electron chi connectivity index (χ4n) is 1.03. The average molecular weight is 212 g/mol. The molecule has 2 N–H and O–H groups in total. The summed E-state index contributed by atoms with van der Waals surface area (Å²) in [4.78, 5) is 16.8. The monoisotopic (exact) mass is 212 g/mol. The summed E-state index contributed by atoms with van der Waals surface area (Å²) in [5, 5.41) is 0. The molecule has 1 rings (SSSR count). The lowest BCUT2D eigenvalue weighted by atomic mass is 10.4. The van der Waals surface area contributed by atoms with E-state index in [0.717, 1.165) is 0 Å². The summed E-state index contributed by atoms with van der Waals surface area (Å²) in [7, 11) is -4.40. The van der Waals surface area contributed by atoms with Crippen LogP contribution in [0.1, 0.15) is 13.8 Å². The molecule has 0 spiro atoms. The molecule has 1 saturated heterocycles. The largest absolute Gasteiger partial charge is 0.469 e. The van der Waals surface area contributed by atoms with Crippen molar-refractivity contribution in [3.05, 3.63) is 0 Å². The molecule has 78 valence electrons. The van der Waals surface area contributed by atoms with Gasteiger partial charge in [0, 0.05) is 0 Å². The molecule has 0 radical (unpaired) electrons. The van der Waals surface area contributed by atoms with E-state index in [-0.39, 0.29) is 13.2 Å². The van der Waals surface area contributed by atoms with Crippen LogP contribution >= 0.6 is 7.82 Å². The van der Waals surface area contributed by atoms with E-state index in [1.807, 2.05) is 0 Å². The lowest BCUT2D eigenvalue weighted by Crippen LogP contribution is -2.23. The molecule has 0 aromatic carbocycles. The Morgan fingerprint density at radius 3 is 2.62 bits per heavy atom. The van der Waals surface area contributed by atoms with Crippen LogP contribution in [0.4, 0.5) is 0 Å². The Kier molecular flexibility index (Phi) is 3.12. The van der Waals surface area contributed by atoms with Crippen molar-refractivity contribution in [1.29, 1.82) is 0 Å². The Morgan fingerprint density at radius 1 is 1.62 bits per heavy atom. The van der Waals surface area contributed by atoms with E-state index in [0.29, 0.717) is 0 Å². The van der Waals surface area contributed by atoms with E-state index in [2.05, 4.69) is 4.52 Å². The molecule has 7 heteroatoms. The maximum atomic E-state index is 10.3. The zero-order chi connectivity index (χ0) is 10.1. The number of hydrogen-bond donors (Lipinski definition) is 2. The highest BCUT2D eigenvalue weighted by Crippen LogP contribution is 2.36. The summed E-state index contributed by atoms with van der Waals surface area (Å²) in [5.74, 6) is -0.692. The van der Waals surface area contributed by atoms with Gasteiger partial charge in [-0.25, -0.2) is 4.57 Å². The smallest absolute Gasteiger partial charge is 0.348 e. The van der Waals surface area contributed by atoms with Gasteiger partial charge in [0.25, 0.3) is 0 Å². The minimum absolute atomic E-state index is 0.159. The van der Waals surface area contributed by atoms with Crippen molar-refractivity contribution in [1.82, 2.24) is 0 Å². The predicted molar refractivity (Wildman–Crippen MR) is 42.9 cm³/mol. The fourth-order valence-corrected chi connectivity index (χ4v) is 1.39. The lowest BCUT2D eigenvalue weighted by molar-refractivity contribution is -0.142. The first-order valence-corrected chi connectivity index (χ1v) is 5.33. The molecule has 1 aliphatic heterocycles. The highest BCUT2D eigenvalue weighted by molar-refractivity contribution is 7.46. The Balaban J connectivity index is 2.30. The normalized spacial score (nSPS) is 27.8. The van der Waals surface area contributed by atoms with Gasteiger partial charge in [-0.1, -0.05) is 0 Å². The first-order valence-electron chi connectivity index (χ1n) is 3.80. The second kappa shape index (κ2) is 3.65. The number of rotatable bonds is 3. The van der Waals surface area contributed by atoms with Gasteiger partial charge in [-0.15, -0.1) is 0 Å². The Labute approximate surface area is 76.0 Å². The first-order chi connectivity index (χ1) is 5.79. The van der Waals surface area contributed by atoms with Crippen LogP contribution in [0.3, 0.4) is 0 Å². The van der Waals surface area contributed by atoms with Gasteiger partial charge >= 0.3 is 7.82 Å². The third kappa shape index (κ3) is 4.17. The number of phosphoric acid groups is 1. The van der Waals surface area contributed by atoms with Gasteiger partial charge in [0.2, 0.25) is 0 Å². The molecule has 1 heterocycles. The van der Waals surface area contributed by atoms with Crippen LogP contribution in [0.2, 0.25) is 0 Å². The second-order valence-electron chi connectivity index (χ2n) is 3.24. The molecule has 13 heavy (non-hydrogen) atoms. The summed E-state index contributed by atoms with van der Waals surface area (Å²) in [6.45, 7) is 3.58. The molecule has 0 aromatic heterocycles. The summed E-state index contributed by atoms with van der Waals surface area (Å²) in [5.41, 5.74) is 0. The molecule has 0 aromatic rings. The minimum Gasteiger partial charge on any atom is -0.348 e. The van der Waals surface area contributed by atoms with Gasteiger partial charge in [-0.2, -0.15) is 0 Å². The number of ether oxygens (including phenoxy) is 2. The second-order valence-corrected chi connectivity index (χ2v) is 4.48. The highest BCUT2D eigenvalue weighted by Gasteiger charge is 2.33. The van der Waals surface area contributed by atoms with E-state index in [9.17, 15) is 4.57 Å². The molecule has 6 nitrogen and oxygen atoms in total. The average Bonchev–Trinajstić information content (AvgIpc) is 2.24. The molecule has 1 atom stereocenters. The van der Waals surface area contributed by atoms with Gasteiger partial charge in [0.05, 0.1) is 13.2 Å². The number of hydrogen-bond acceptors (Lipinski definition) is 4. The van der Waals surface area contributed by atoms with E-state index in [4.69, 9.17) is 19.3 Å².